The van der Waals surface area contributed by atoms with Crippen molar-refractivity contribution in [3.8, 4) is 0 Å². The minimum Gasteiger partial charge on any atom is -0.399 e. The molecule has 0 spiro atoms. The van der Waals surface area contributed by atoms with Crippen LogP contribution in [0.1, 0.15) is 37.6 Å². The zero-order chi connectivity index (χ0) is 14.7. The number of nitrogens with two attached hydrogens (primary N) is 1. The van der Waals surface area contributed by atoms with Gasteiger partial charge in [0.25, 0.3) is 5.91 Å². The highest BCUT2D eigenvalue weighted by atomic mass is 16.1. The predicted molar refractivity (Wildman–Crippen MR) is 84.0 cm³/mol. The Kier molecular flexibility index (Phi) is 4.53. The largest absolute Gasteiger partial charge is 0.399 e. The number of benzene rings is 1. The standard InChI is InChI=1S/C16H25N3O/c1-4-18-16(20)14-6-5-13(17)9-15(14)19-8-7-11(2)12(3)10-19/h5-6,9,11-12H,4,7-8,10,17H2,1-3H3,(H,18,20). The van der Waals surface area contributed by atoms with Crippen LogP contribution in [-0.4, -0.2) is 25.5 Å². The Bertz CT molecular complexity index is 487. The summed E-state index contributed by atoms with van der Waals surface area (Å²) in [6.45, 7) is 9.11. The highest BCUT2D eigenvalue weighted by molar-refractivity contribution is 6.00. The normalized spacial score (nSPS) is 22.6. The first-order valence-corrected chi connectivity index (χ1v) is 7.45. The summed E-state index contributed by atoms with van der Waals surface area (Å²) in [5, 5.41) is 2.87. The summed E-state index contributed by atoms with van der Waals surface area (Å²) in [4.78, 5) is 14.5. The highest BCUT2D eigenvalue weighted by Crippen LogP contribution is 2.30. The lowest BCUT2D eigenvalue weighted by atomic mass is 9.88. The van der Waals surface area contributed by atoms with Crippen LogP contribution >= 0.6 is 0 Å². The molecule has 1 amide bonds. The lowest BCUT2D eigenvalue weighted by molar-refractivity contribution is 0.0956. The van der Waals surface area contributed by atoms with Gasteiger partial charge in [0.15, 0.2) is 0 Å². The number of piperidine rings is 1. The van der Waals surface area contributed by atoms with E-state index < -0.39 is 0 Å². The minimum atomic E-state index is -0.0197. The number of hydrogen-bond donors (Lipinski definition) is 2. The number of hydrogen-bond acceptors (Lipinski definition) is 3. The van der Waals surface area contributed by atoms with Crippen LogP contribution < -0.4 is 16.0 Å². The van der Waals surface area contributed by atoms with Crippen LogP contribution in [0.2, 0.25) is 0 Å². The second-order valence-electron chi connectivity index (χ2n) is 5.83. The average molecular weight is 275 g/mol. The summed E-state index contributed by atoms with van der Waals surface area (Å²) in [5.41, 5.74) is 8.31. The third-order valence-corrected chi connectivity index (χ3v) is 4.28. The fourth-order valence-corrected chi connectivity index (χ4v) is 2.74. The minimum absolute atomic E-state index is 0.0197. The molecule has 2 atom stereocenters. The van der Waals surface area contributed by atoms with Crippen LogP contribution in [-0.2, 0) is 0 Å². The van der Waals surface area contributed by atoms with Crippen LogP contribution in [0.15, 0.2) is 18.2 Å². The van der Waals surface area contributed by atoms with Crippen LogP contribution in [0.25, 0.3) is 0 Å². The molecule has 0 radical (unpaired) electrons. The fourth-order valence-electron chi connectivity index (χ4n) is 2.74. The average Bonchev–Trinajstić information content (AvgIpc) is 2.42. The highest BCUT2D eigenvalue weighted by Gasteiger charge is 2.25. The van der Waals surface area contributed by atoms with Crippen molar-refractivity contribution in [2.24, 2.45) is 11.8 Å². The van der Waals surface area contributed by atoms with Gasteiger partial charge in [-0.2, -0.15) is 0 Å². The third kappa shape index (κ3) is 3.06. The van der Waals surface area contributed by atoms with E-state index in [0.29, 0.717) is 18.2 Å². The van der Waals surface area contributed by atoms with Crippen LogP contribution in [0.3, 0.4) is 0 Å². The van der Waals surface area contributed by atoms with Crippen molar-refractivity contribution in [1.29, 1.82) is 0 Å². The maximum absolute atomic E-state index is 12.2. The molecule has 2 unspecified atom stereocenters. The van der Waals surface area contributed by atoms with Gasteiger partial charge in [0, 0.05) is 25.3 Å². The lowest BCUT2D eigenvalue weighted by Gasteiger charge is -2.37. The number of nitrogen functional groups attached to an aromatic ring is 1. The van der Waals surface area contributed by atoms with Crippen molar-refractivity contribution in [2.45, 2.75) is 27.2 Å². The molecule has 0 bridgehead atoms. The smallest absolute Gasteiger partial charge is 0.253 e. The Morgan fingerprint density at radius 1 is 1.40 bits per heavy atom. The van der Waals surface area contributed by atoms with E-state index in [0.717, 1.165) is 36.7 Å². The SMILES string of the molecule is CCNC(=O)c1ccc(N)cc1N1CCC(C)C(C)C1. The van der Waals surface area contributed by atoms with Gasteiger partial charge in [0.1, 0.15) is 0 Å². The Labute approximate surface area is 121 Å². The van der Waals surface area contributed by atoms with E-state index >= 15 is 0 Å². The Balaban J connectivity index is 2.29. The third-order valence-electron chi connectivity index (χ3n) is 4.28. The molecule has 1 aliphatic heterocycles. The molecule has 1 saturated heterocycles. The molecular weight excluding hydrogens is 250 g/mol. The Morgan fingerprint density at radius 2 is 2.15 bits per heavy atom. The van der Waals surface area contributed by atoms with Gasteiger partial charge in [-0.25, -0.2) is 0 Å². The van der Waals surface area contributed by atoms with E-state index in [2.05, 4.69) is 24.1 Å². The molecule has 1 heterocycles. The molecular formula is C16H25N3O. The molecule has 2 rings (SSSR count). The number of nitrogens with zero attached hydrogens (tertiary/aromatic N) is 1. The number of nitrogens with one attached hydrogen (secondary N) is 1. The number of anilines is 2. The van der Waals surface area contributed by atoms with Crippen molar-refractivity contribution in [3.63, 3.8) is 0 Å². The van der Waals surface area contributed by atoms with Crippen molar-refractivity contribution in [2.75, 3.05) is 30.3 Å². The molecule has 110 valence electrons. The number of carbonyl (C=O) groups is 1. The van der Waals surface area contributed by atoms with Crippen molar-refractivity contribution in [3.05, 3.63) is 23.8 Å². The van der Waals surface area contributed by atoms with Gasteiger partial charge in [-0.1, -0.05) is 13.8 Å². The van der Waals surface area contributed by atoms with Crippen LogP contribution in [0, 0.1) is 11.8 Å². The lowest BCUT2D eigenvalue weighted by Crippen LogP contribution is -2.39. The van der Waals surface area contributed by atoms with Gasteiger partial charge in [-0.15, -0.1) is 0 Å². The van der Waals surface area contributed by atoms with Crippen molar-refractivity contribution >= 4 is 17.3 Å². The van der Waals surface area contributed by atoms with Gasteiger partial charge in [-0.3, -0.25) is 4.79 Å². The number of rotatable bonds is 3. The van der Waals surface area contributed by atoms with Crippen LogP contribution in [0.4, 0.5) is 11.4 Å². The molecule has 1 fully saturated rings. The van der Waals surface area contributed by atoms with Gasteiger partial charge in [0.2, 0.25) is 0 Å². The van der Waals surface area contributed by atoms with E-state index in [1.54, 1.807) is 6.07 Å². The summed E-state index contributed by atoms with van der Waals surface area (Å²) >= 11 is 0. The first-order valence-electron chi connectivity index (χ1n) is 7.45. The molecule has 1 aromatic carbocycles. The van der Waals surface area contributed by atoms with Gasteiger partial charge in [0.05, 0.1) is 11.3 Å². The maximum Gasteiger partial charge on any atom is 0.253 e. The van der Waals surface area contributed by atoms with Crippen molar-refractivity contribution < 1.29 is 4.79 Å². The first-order chi connectivity index (χ1) is 9.52. The quantitative estimate of drug-likeness (QED) is 0.833. The van der Waals surface area contributed by atoms with Crippen LogP contribution in [0.5, 0.6) is 0 Å². The fraction of sp³-hybridized carbons (Fsp3) is 0.562. The molecule has 3 N–H and O–H groups in total. The molecule has 4 heteroatoms. The Hall–Kier alpha value is -1.71. The maximum atomic E-state index is 12.2. The van der Waals surface area contributed by atoms with Gasteiger partial charge in [-0.05, 0) is 43.4 Å². The molecule has 0 saturated carbocycles. The number of amides is 1. The van der Waals surface area contributed by atoms with Crippen molar-refractivity contribution in [1.82, 2.24) is 5.32 Å². The molecule has 1 aliphatic rings. The van der Waals surface area contributed by atoms with E-state index in [-0.39, 0.29) is 5.91 Å². The topological polar surface area (TPSA) is 58.4 Å². The summed E-state index contributed by atoms with van der Waals surface area (Å²) in [7, 11) is 0. The van der Waals surface area contributed by atoms with E-state index in [1.807, 2.05) is 19.1 Å². The molecule has 4 nitrogen and oxygen atoms in total. The molecule has 0 aromatic heterocycles. The van der Waals surface area contributed by atoms with E-state index in [9.17, 15) is 4.79 Å². The second kappa shape index (κ2) is 6.16. The summed E-state index contributed by atoms with van der Waals surface area (Å²) < 4.78 is 0. The summed E-state index contributed by atoms with van der Waals surface area (Å²) in [6, 6.07) is 5.55. The zero-order valence-electron chi connectivity index (χ0n) is 12.6. The monoisotopic (exact) mass is 275 g/mol. The molecule has 1 aromatic rings. The summed E-state index contributed by atoms with van der Waals surface area (Å²) in [6.07, 6.45) is 1.16. The molecule has 20 heavy (non-hydrogen) atoms. The molecule has 0 aliphatic carbocycles. The Morgan fingerprint density at radius 3 is 2.80 bits per heavy atom. The predicted octanol–water partition coefficient (Wildman–Crippen LogP) is 2.50. The number of carbonyl (C=O) groups excluding carboxylic acids is 1. The van der Waals surface area contributed by atoms with E-state index in [1.165, 1.54) is 0 Å². The zero-order valence-corrected chi connectivity index (χ0v) is 12.6. The second-order valence-corrected chi connectivity index (χ2v) is 5.83. The van der Waals surface area contributed by atoms with Gasteiger partial charge < -0.3 is 16.0 Å². The van der Waals surface area contributed by atoms with Gasteiger partial charge >= 0.3 is 0 Å². The first kappa shape index (κ1) is 14.7. The summed E-state index contributed by atoms with van der Waals surface area (Å²) in [5.74, 6) is 1.35. The van der Waals surface area contributed by atoms with E-state index in [4.69, 9.17) is 5.73 Å².